The van der Waals surface area contributed by atoms with Crippen molar-refractivity contribution in [3.8, 4) is 0 Å². The van der Waals surface area contributed by atoms with Gasteiger partial charge in [0.05, 0.1) is 0 Å². The molecule has 2 aromatic carbocycles. The summed E-state index contributed by atoms with van der Waals surface area (Å²) in [6, 6.07) is 18.3. The van der Waals surface area contributed by atoms with Crippen LogP contribution in [0.5, 0.6) is 0 Å². The summed E-state index contributed by atoms with van der Waals surface area (Å²) in [5, 5.41) is 0. The first-order valence-electron chi connectivity index (χ1n) is 16.1. The van der Waals surface area contributed by atoms with E-state index in [0.29, 0.717) is 0 Å². The van der Waals surface area contributed by atoms with Crippen molar-refractivity contribution in [1.29, 1.82) is 0 Å². The molecule has 0 aromatic heterocycles. The van der Waals surface area contributed by atoms with Crippen molar-refractivity contribution in [1.82, 2.24) is 0 Å². The molecule has 0 unspecified atom stereocenters. The fourth-order valence-electron chi connectivity index (χ4n) is 5.96. The Morgan fingerprint density at radius 3 is 1.51 bits per heavy atom. The number of morpholine rings is 3. The van der Waals surface area contributed by atoms with Crippen LogP contribution in [0.4, 0.5) is 36.6 Å². The molecule has 1 aliphatic carbocycles. The van der Waals surface area contributed by atoms with Gasteiger partial charge in [-0.25, -0.2) is 0 Å². The number of nitrogens with zero attached hydrogens (tertiary/aromatic N) is 3. The zero-order chi connectivity index (χ0) is 34.5. The standard InChI is InChI=1S/C35H38N3O3Se.F6P/c1-7-31(36-13-19-39-20-14-36)8-2-27(1)30-25-34(28-3-9-32(10-4-28)37-15-21-40-22-16-37)42-35(26-30)29-5-11-33(12-6-29)38-17-23-41-24-18-38;1-7(2,3,4,5)6/h1-12,25-26H,13-24H2;/q+1;-1. The molecule has 0 saturated carbocycles. The summed E-state index contributed by atoms with van der Waals surface area (Å²) in [6.45, 7) is 10.5. The van der Waals surface area contributed by atoms with Crippen LogP contribution < -0.4 is 9.80 Å². The molecular weight excluding hydrogens is 734 g/mol. The Balaban J connectivity index is 0.000000540. The molecule has 4 heterocycles. The summed E-state index contributed by atoms with van der Waals surface area (Å²) in [4.78, 5) is 4.83. The second kappa shape index (κ2) is 14.2. The number of allylic oxidation sites excluding steroid dienone is 9. The fourth-order valence-corrected chi connectivity index (χ4v) is 8.30. The van der Waals surface area contributed by atoms with Crippen molar-refractivity contribution in [3.05, 3.63) is 106 Å². The summed E-state index contributed by atoms with van der Waals surface area (Å²) >= 11 is 0.193. The van der Waals surface area contributed by atoms with Crippen molar-refractivity contribution in [3.63, 3.8) is 0 Å². The normalized spacial score (nSPS) is 21.8. The molecular formula is C35H38F6N3O3PSe. The minimum atomic E-state index is -10.7. The van der Waals surface area contributed by atoms with Crippen molar-refractivity contribution < 1.29 is 44.0 Å². The van der Waals surface area contributed by atoms with Crippen molar-refractivity contribution >= 4 is 49.9 Å². The van der Waals surface area contributed by atoms with Gasteiger partial charge in [0.1, 0.15) is 0 Å². The van der Waals surface area contributed by atoms with E-state index in [9.17, 15) is 25.2 Å². The molecule has 0 amide bonds. The van der Waals surface area contributed by atoms with Crippen LogP contribution in [-0.2, 0) is 14.2 Å². The Kier molecular flexibility index (Phi) is 10.3. The van der Waals surface area contributed by atoms with Gasteiger partial charge >= 0.3 is 289 Å². The molecule has 0 atom stereocenters. The van der Waals surface area contributed by atoms with Crippen LogP contribution in [0.25, 0.3) is 10.0 Å². The molecule has 5 aliphatic rings. The minimum absolute atomic E-state index is 0.193. The van der Waals surface area contributed by atoms with Crippen LogP contribution >= 0.6 is 7.81 Å². The Morgan fingerprint density at radius 2 is 1.02 bits per heavy atom. The van der Waals surface area contributed by atoms with Crippen molar-refractivity contribution in [2.75, 3.05) is 88.7 Å². The maximum atomic E-state index is 9.87. The summed E-state index contributed by atoms with van der Waals surface area (Å²) < 4.78 is 81.1. The number of halogens is 6. The topological polar surface area (TPSA) is 37.2 Å². The summed E-state index contributed by atoms with van der Waals surface area (Å²) in [7, 11) is -10.7. The van der Waals surface area contributed by atoms with E-state index in [1.54, 1.807) is 0 Å². The molecule has 264 valence electrons. The molecule has 0 radical (unpaired) electrons. The average molecular weight is 773 g/mol. The molecule has 4 aliphatic heterocycles. The molecule has 0 spiro atoms. The van der Waals surface area contributed by atoms with E-state index in [-0.39, 0.29) is 15.0 Å². The third-order valence-electron chi connectivity index (χ3n) is 8.43. The van der Waals surface area contributed by atoms with Crippen LogP contribution in [-0.4, -0.2) is 104 Å². The molecule has 0 N–H and O–H groups in total. The Bertz CT molecular complexity index is 1670. The number of ether oxygens (including phenoxy) is 3. The Hall–Kier alpha value is -3.18. The summed E-state index contributed by atoms with van der Waals surface area (Å²) in [5.74, 6) is 0. The molecule has 2 aromatic rings. The fraction of sp³-hybridized carbons (Fsp3) is 0.343. The Morgan fingerprint density at radius 1 is 0.571 bits per heavy atom. The third kappa shape index (κ3) is 10.9. The van der Waals surface area contributed by atoms with E-state index in [0.717, 1.165) is 78.9 Å². The van der Waals surface area contributed by atoms with Gasteiger partial charge in [0, 0.05) is 0 Å². The van der Waals surface area contributed by atoms with Gasteiger partial charge in [-0.15, -0.1) is 0 Å². The molecule has 3 saturated heterocycles. The van der Waals surface area contributed by atoms with E-state index in [1.165, 1.54) is 48.3 Å². The van der Waals surface area contributed by atoms with Crippen LogP contribution in [0.2, 0.25) is 0 Å². The number of benzene rings is 2. The monoisotopic (exact) mass is 773 g/mol. The van der Waals surface area contributed by atoms with Crippen molar-refractivity contribution in [2.45, 2.75) is 0 Å². The molecule has 0 bridgehead atoms. The third-order valence-corrected chi connectivity index (χ3v) is 10.8. The number of hydrogen-bond donors (Lipinski definition) is 0. The van der Waals surface area contributed by atoms with Gasteiger partial charge in [0.2, 0.25) is 0 Å². The zero-order valence-electron chi connectivity index (χ0n) is 26.8. The first-order chi connectivity index (χ1) is 23.2. The Labute approximate surface area is 288 Å². The van der Waals surface area contributed by atoms with E-state index in [2.05, 4.69) is 99.4 Å². The SMILES string of the molecule is C1=CC(=[N+]2CCOCC2)C=CC1=C1C=C(c2ccc(N3CCOCC3)cc2)C=C(c2ccc(N3CCOCC3)cc2)[Se]1.F[P-](F)(F)(F)(F)F. The van der Waals surface area contributed by atoms with Crippen LogP contribution in [0, 0.1) is 0 Å². The second-order valence-corrected chi connectivity index (χ2v) is 16.2. The predicted molar refractivity (Wildman–Crippen MR) is 185 cm³/mol. The summed E-state index contributed by atoms with van der Waals surface area (Å²) in [6.07, 6.45) is 14.0. The molecule has 14 heteroatoms. The first-order valence-corrected chi connectivity index (χ1v) is 19.8. The van der Waals surface area contributed by atoms with E-state index >= 15 is 0 Å². The van der Waals surface area contributed by atoms with Crippen LogP contribution in [0.15, 0.2) is 95.0 Å². The number of rotatable bonds is 4. The van der Waals surface area contributed by atoms with Gasteiger partial charge in [-0.05, 0) is 0 Å². The molecule has 49 heavy (non-hydrogen) atoms. The van der Waals surface area contributed by atoms with Crippen LogP contribution in [0.1, 0.15) is 11.1 Å². The van der Waals surface area contributed by atoms with Gasteiger partial charge in [-0.2, -0.15) is 0 Å². The van der Waals surface area contributed by atoms with Gasteiger partial charge in [0.15, 0.2) is 0 Å². The first kappa shape index (κ1) is 35.6. The van der Waals surface area contributed by atoms with Crippen molar-refractivity contribution in [2.24, 2.45) is 0 Å². The van der Waals surface area contributed by atoms with Gasteiger partial charge in [-0.3, -0.25) is 0 Å². The van der Waals surface area contributed by atoms with E-state index in [4.69, 9.17) is 14.2 Å². The van der Waals surface area contributed by atoms with E-state index < -0.39 is 7.81 Å². The quantitative estimate of drug-likeness (QED) is 0.138. The number of anilines is 2. The van der Waals surface area contributed by atoms with Crippen LogP contribution in [0.3, 0.4) is 0 Å². The van der Waals surface area contributed by atoms with Gasteiger partial charge in [0.25, 0.3) is 0 Å². The maximum absolute atomic E-state index is 10.7. The average Bonchev–Trinajstić information content (AvgIpc) is 3.11. The predicted octanol–water partition coefficient (Wildman–Crippen LogP) is 7.75. The molecule has 6 nitrogen and oxygen atoms in total. The van der Waals surface area contributed by atoms with Gasteiger partial charge in [-0.1, -0.05) is 0 Å². The molecule has 7 rings (SSSR count). The van der Waals surface area contributed by atoms with E-state index in [1.807, 2.05) is 0 Å². The second-order valence-electron chi connectivity index (χ2n) is 12.0. The van der Waals surface area contributed by atoms with Gasteiger partial charge < -0.3 is 0 Å². The summed E-state index contributed by atoms with van der Waals surface area (Å²) in [5.41, 5.74) is 8.98. The zero-order valence-corrected chi connectivity index (χ0v) is 29.4. The number of hydrogen-bond acceptors (Lipinski definition) is 5. The molecule has 3 fully saturated rings.